The number of likely N-dealkylation sites (tertiary alicyclic amines) is 1. The lowest BCUT2D eigenvalue weighted by Gasteiger charge is -2.27. The molecule has 3 aromatic heterocycles. The van der Waals surface area contributed by atoms with E-state index in [1.807, 2.05) is 6.07 Å². The number of thiocarbonyl (C=S) groups is 1. The van der Waals surface area contributed by atoms with Crippen LogP contribution in [0.2, 0.25) is 0 Å². The number of piperidine rings is 1. The molecule has 4 aromatic rings. The van der Waals surface area contributed by atoms with Gasteiger partial charge in [0.15, 0.2) is 5.69 Å². The van der Waals surface area contributed by atoms with E-state index in [1.165, 1.54) is 27.9 Å². The summed E-state index contributed by atoms with van der Waals surface area (Å²) < 4.78 is 41.8. The van der Waals surface area contributed by atoms with Gasteiger partial charge in [-0.3, -0.25) is 19.1 Å². The first-order valence-corrected chi connectivity index (χ1v) is 17.1. The molecule has 6 rings (SSSR count). The van der Waals surface area contributed by atoms with Gasteiger partial charge in [-0.05, 0) is 72.7 Å². The summed E-state index contributed by atoms with van der Waals surface area (Å²) in [7, 11) is 0. The average Bonchev–Trinajstić information content (AvgIpc) is 3.51. The summed E-state index contributed by atoms with van der Waals surface area (Å²) in [5.41, 5.74) is 1.26. The smallest absolute Gasteiger partial charge is 0.355 e. The van der Waals surface area contributed by atoms with Crippen LogP contribution in [0.4, 0.5) is 19.0 Å². The standard InChI is InChI=1S/C34H32F3N9O3S2/c1-18-3-4-26(34(35,36)37)42-31(18)43-32(49)25-11-33(17-41-28(47)6-8-51)12-27(33)46(25)29(48)16-45-30-20(5-7-50)9-21(10-23(30)24(13-38)44-45)22-14-39-19(2)40-15-22/h3-4,7,9-10,14-15,25,27,51H,5-6,8,11-12,16-17H2,1-2H3,(H,41,47)(H,42,43,49)/t25-,27+,33-/m0/s1. The number of hydrogen-bond donors (Lipinski definition) is 3. The van der Waals surface area contributed by atoms with Crippen LogP contribution in [0, 0.1) is 30.6 Å². The Kier molecular flexibility index (Phi) is 9.84. The number of nitriles is 1. The summed E-state index contributed by atoms with van der Waals surface area (Å²) in [6.45, 7) is 3.13. The molecule has 1 aromatic carbocycles. The number of fused-ring (bicyclic) bond motifs is 2. The van der Waals surface area contributed by atoms with Crippen LogP contribution < -0.4 is 10.6 Å². The Morgan fingerprint density at radius 2 is 1.90 bits per heavy atom. The van der Waals surface area contributed by atoms with E-state index in [1.54, 1.807) is 25.4 Å². The monoisotopic (exact) mass is 735 g/mol. The van der Waals surface area contributed by atoms with E-state index < -0.39 is 41.2 Å². The molecular weight excluding hydrogens is 704 g/mol. The number of alkyl halides is 3. The van der Waals surface area contributed by atoms with Crippen LogP contribution in [-0.2, 0) is 33.5 Å². The molecular formula is C34H32F3N9O3S2. The number of benzene rings is 1. The molecule has 1 saturated carbocycles. The van der Waals surface area contributed by atoms with Gasteiger partial charge in [0.25, 0.3) is 0 Å². The van der Waals surface area contributed by atoms with Crippen molar-refractivity contribution in [1.82, 2.24) is 34.9 Å². The first-order valence-electron chi connectivity index (χ1n) is 16.0. The van der Waals surface area contributed by atoms with Gasteiger partial charge < -0.3 is 15.5 Å². The maximum atomic E-state index is 14.3. The summed E-state index contributed by atoms with van der Waals surface area (Å²) in [6, 6.07) is 6.28. The van der Waals surface area contributed by atoms with E-state index in [0.29, 0.717) is 52.0 Å². The van der Waals surface area contributed by atoms with Crippen molar-refractivity contribution in [3.05, 3.63) is 65.0 Å². The van der Waals surface area contributed by atoms with Crippen LogP contribution >= 0.6 is 24.8 Å². The first-order chi connectivity index (χ1) is 24.3. The molecule has 3 amide bonds. The number of anilines is 1. The van der Waals surface area contributed by atoms with E-state index in [4.69, 9.17) is 12.2 Å². The lowest BCUT2D eigenvalue weighted by atomic mass is 9.98. The number of carbonyl (C=O) groups excluding carboxylic acids is 3. The summed E-state index contributed by atoms with van der Waals surface area (Å²) in [6.07, 6.45) is -0.225. The Bertz CT molecular complexity index is 2100. The van der Waals surface area contributed by atoms with Crippen molar-refractivity contribution in [3.63, 3.8) is 0 Å². The molecule has 51 heavy (non-hydrogen) atoms. The van der Waals surface area contributed by atoms with E-state index in [-0.39, 0.29) is 43.4 Å². The van der Waals surface area contributed by atoms with Crippen LogP contribution in [0.15, 0.2) is 36.7 Å². The van der Waals surface area contributed by atoms with Crippen LogP contribution in [0.5, 0.6) is 0 Å². The minimum atomic E-state index is -4.73. The molecule has 17 heteroatoms. The third-order valence-electron chi connectivity index (χ3n) is 9.35. The fourth-order valence-electron chi connectivity index (χ4n) is 6.71. The summed E-state index contributed by atoms with van der Waals surface area (Å²) in [5, 5.41) is 21.9. The quantitative estimate of drug-likeness (QED) is 0.150. The third kappa shape index (κ3) is 7.15. The van der Waals surface area contributed by atoms with Crippen molar-refractivity contribution in [1.29, 1.82) is 5.26 Å². The molecule has 2 fully saturated rings. The third-order valence-corrected chi connectivity index (χ3v) is 9.74. The summed E-state index contributed by atoms with van der Waals surface area (Å²) in [4.78, 5) is 54.0. The van der Waals surface area contributed by atoms with Gasteiger partial charge in [-0.1, -0.05) is 18.3 Å². The largest absolute Gasteiger partial charge is 0.433 e. The normalized spacial score (nSPS) is 19.4. The second kappa shape index (κ2) is 14.0. The van der Waals surface area contributed by atoms with Crippen LogP contribution in [-0.4, -0.2) is 77.1 Å². The molecule has 1 aliphatic heterocycles. The summed E-state index contributed by atoms with van der Waals surface area (Å²) >= 11 is 9.29. The minimum Gasteiger partial charge on any atom is -0.355 e. The predicted octanol–water partition coefficient (Wildman–Crippen LogP) is 4.37. The average molecular weight is 736 g/mol. The van der Waals surface area contributed by atoms with E-state index in [2.05, 4.69) is 49.4 Å². The molecule has 1 aliphatic carbocycles. The number of thiol groups is 1. The van der Waals surface area contributed by atoms with Crippen molar-refractivity contribution in [3.8, 4) is 17.2 Å². The van der Waals surface area contributed by atoms with Gasteiger partial charge in [-0.25, -0.2) is 15.0 Å². The van der Waals surface area contributed by atoms with Crippen LogP contribution in [0.1, 0.15) is 47.6 Å². The number of aromatic nitrogens is 5. The van der Waals surface area contributed by atoms with E-state index in [9.17, 15) is 32.8 Å². The fraction of sp³-hybridized carbons (Fsp3) is 0.382. The lowest BCUT2D eigenvalue weighted by Crippen LogP contribution is -2.47. The first kappa shape index (κ1) is 35.9. The number of carbonyl (C=O) groups is 3. The van der Waals surface area contributed by atoms with Crippen molar-refractivity contribution in [2.75, 3.05) is 17.6 Å². The van der Waals surface area contributed by atoms with Gasteiger partial charge in [0, 0.05) is 54.2 Å². The number of nitrogens with zero attached hydrogens (tertiary/aromatic N) is 7. The zero-order valence-corrected chi connectivity index (χ0v) is 29.2. The second-order valence-electron chi connectivity index (χ2n) is 12.7. The maximum absolute atomic E-state index is 14.3. The van der Waals surface area contributed by atoms with Gasteiger partial charge >= 0.3 is 6.18 Å². The summed E-state index contributed by atoms with van der Waals surface area (Å²) in [5.74, 6) is -0.758. The Hall–Kier alpha value is -4.95. The SMILES string of the molecule is Cc1ncc(-c2cc(CC=S)c3c(c2)c(C#N)nn3CC(=O)N2[C@H](C(=O)Nc3nc(C(F)(F)F)ccc3C)C[C@@]3(CNC(=O)CCS)C[C@@H]23)cn1. The number of pyridine rings is 1. The van der Waals surface area contributed by atoms with Gasteiger partial charge in [0.05, 0.1) is 5.52 Å². The van der Waals surface area contributed by atoms with Crippen LogP contribution in [0.3, 0.4) is 0 Å². The van der Waals surface area contributed by atoms with E-state index >= 15 is 0 Å². The highest BCUT2D eigenvalue weighted by molar-refractivity contribution is 7.80. The Morgan fingerprint density at radius 1 is 1.16 bits per heavy atom. The van der Waals surface area contributed by atoms with Crippen molar-refractivity contribution in [2.24, 2.45) is 5.41 Å². The zero-order valence-electron chi connectivity index (χ0n) is 27.5. The molecule has 264 valence electrons. The lowest BCUT2D eigenvalue weighted by molar-refractivity contribution is -0.141. The number of halogens is 3. The molecule has 0 spiro atoms. The molecule has 3 atom stereocenters. The molecule has 0 bridgehead atoms. The number of nitrogens with one attached hydrogen (secondary N) is 2. The van der Waals surface area contributed by atoms with Gasteiger partial charge in [-0.15, -0.1) is 0 Å². The molecule has 1 saturated heterocycles. The highest BCUT2D eigenvalue weighted by atomic mass is 32.1. The fourth-order valence-corrected chi connectivity index (χ4v) is 7.09. The van der Waals surface area contributed by atoms with Gasteiger partial charge in [-0.2, -0.15) is 36.2 Å². The highest BCUT2D eigenvalue weighted by Crippen LogP contribution is 2.59. The Balaban J connectivity index is 1.34. The molecule has 0 radical (unpaired) electrons. The number of aryl methyl sites for hydroxylation is 2. The number of amides is 3. The van der Waals surface area contributed by atoms with Crippen molar-refractivity contribution < 1.29 is 27.6 Å². The Morgan fingerprint density at radius 3 is 2.57 bits per heavy atom. The predicted molar refractivity (Wildman–Crippen MR) is 188 cm³/mol. The molecule has 0 unspecified atom stereocenters. The van der Waals surface area contributed by atoms with Gasteiger partial charge in [0.1, 0.15) is 36.0 Å². The minimum absolute atomic E-state index is 0.0766. The van der Waals surface area contributed by atoms with Gasteiger partial charge in [0.2, 0.25) is 17.7 Å². The second-order valence-corrected chi connectivity index (χ2v) is 13.5. The molecule has 4 heterocycles. The number of rotatable bonds is 11. The number of hydrogen-bond acceptors (Lipinski definition) is 10. The molecule has 2 N–H and O–H groups in total. The van der Waals surface area contributed by atoms with E-state index in [0.717, 1.165) is 11.6 Å². The highest BCUT2D eigenvalue weighted by Gasteiger charge is 2.67. The topological polar surface area (TPSA) is 159 Å². The maximum Gasteiger partial charge on any atom is 0.433 e. The Labute approximate surface area is 301 Å². The molecule has 12 nitrogen and oxygen atoms in total. The van der Waals surface area contributed by atoms with Crippen LogP contribution in [0.25, 0.3) is 22.0 Å². The van der Waals surface area contributed by atoms with Crippen molar-refractivity contribution >= 4 is 64.7 Å². The molecule has 2 aliphatic rings. The van der Waals surface area contributed by atoms with Crippen molar-refractivity contribution in [2.45, 2.75) is 64.3 Å². The zero-order chi connectivity index (χ0) is 36.7.